The van der Waals surface area contributed by atoms with E-state index in [9.17, 15) is 14.4 Å². The summed E-state index contributed by atoms with van der Waals surface area (Å²) in [5.74, 6) is 0.688. The smallest absolute Gasteiger partial charge is 0.338 e. The van der Waals surface area contributed by atoms with Crippen molar-refractivity contribution in [3.05, 3.63) is 97.8 Å². The second-order valence-electron chi connectivity index (χ2n) is 11.1. The average molecular weight is 663 g/mol. The van der Waals surface area contributed by atoms with E-state index in [1.165, 1.54) is 4.90 Å². The van der Waals surface area contributed by atoms with Gasteiger partial charge in [0.2, 0.25) is 5.76 Å². The molecule has 0 N–H and O–H groups in total. The Kier molecular flexibility index (Phi) is 9.74. The lowest BCUT2D eigenvalue weighted by atomic mass is 9.97. The van der Waals surface area contributed by atoms with Gasteiger partial charge in [0.25, 0.3) is 5.91 Å². The number of hydrogen-bond acceptors (Lipinski definition) is 7. The predicted molar refractivity (Wildman–Crippen MR) is 173 cm³/mol. The van der Waals surface area contributed by atoms with Crippen molar-refractivity contribution < 1.29 is 28.2 Å². The Morgan fingerprint density at radius 2 is 1.73 bits per heavy atom. The Bertz CT molecular complexity index is 1730. The second kappa shape index (κ2) is 13.7. The number of hydrogen-bond donors (Lipinski definition) is 0. The number of rotatable bonds is 12. The molecule has 1 amide bonds. The van der Waals surface area contributed by atoms with Crippen LogP contribution in [0.4, 0.5) is 5.69 Å². The van der Waals surface area contributed by atoms with Gasteiger partial charge in [0, 0.05) is 10.2 Å². The molecular weight excluding hydrogens is 626 g/mol. The molecule has 0 spiro atoms. The molecule has 4 aromatic rings. The molecule has 0 saturated heterocycles. The summed E-state index contributed by atoms with van der Waals surface area (Å²) in [4.78, 5) is 42.2. The lowest BCUT2D eigenvalue weighted by Crippen LogP contribution is -2.29. The molecule has 5 rings (SSSR count). The number of unbranched alkanes of at least 4 members (excludes halogenated alkanes) is 1. The minimum Gasteiger partial charge on any atom is -0.490 e. The highest BCUT2D eigenvalue weighted by molar-refractivity contribution is 9.10. The largest absolute Gasteiger partial charge is 0.490 e. The van der Waals surface area contributed by atoms with Crippen LogP contribution in [-0.4, -0.2) is 31.7 Å². The van der Waals surface area contributed by atoms with E-state index in [1.807, 2.05) is 32.0 Å². The van der Waals surface area contributed by atoms with Crippen molar-refractivity contribution in [3.8, 4) is 11.5 Å². The van der Waals surface area contributed by atoms with Crippen LogP contribution in [-0.2, 0) is 4.74 Å². The fraction of sp³-hybridized carbons (Fsp3) is 0.343. The minimum atomic E-state index is -0.816. The van der Waals surface area contributed by atoms with Gasteiger partial charge in [0.1, 0.15) is 5.58 Å². The Hall–Kier alpha value is -4.11. The van der Waals surface area contributed by atoms with Crippen molar-refractivity contribution in [2.45, 2.75) is 53.0 Å². The van der Waals surface area contributed by atoms with Crippen molar-refractivity contribution >= 4 is 44.5 Å². The maximum Gasteiger partial charge on any atom is 0.338 e. The first-order chi connectivity index (χ1) is 21.2. The van der Waals surface area contributed by atoms with Gasteiger partial charge in [-0.15, -0.1) is 0 Å². The number of ether oxygens (including phenoxy) is 3. The molecule has 1 unspecified atom stereocenters. The maximum absolute atomic E-state index is 14.1. The molecule has 1 aliphatic rings. The Balaban J connectivity index is 1.61. The van der Waals surface area contributed by atoms with E-state index >= 15 is 0 Å². The first kappa shape index (κ1) is 31.3. The molecule has 3 aromatic carbocycles. The fourth-order valence-electron chi connectivity index (χ4n) is 5.16. The van der Waals surface area contributed by atoms with Gasteiger partial charge in [-0.05, 0) is 85.8 Å². The van der Waals surface area contributed by atoms with Crippen LogP contribution in [0.25, 0.3) is 11.0 Å². The molecule has 44 heavy (non-hydrogen) atoms. The monoisotopic (exact) mass is 661 g/mol. The summed E-state index contributed by atoms with van der Waals surface area (Å²) in [6.45, 7) is 9.46. The molecule has 0 saturated carbocycles. The number of fused-ring (bicyclic) bond motifs is 2. The summed E-state index contributed by atoms with van der Waals surface area (Å²) in [5, 5.41) is 0.363. The van der Waals surface area contributed by atoms with Crippen LogP contribution in [0.1, 0.15) is 85.0 Å². The summed E-state index contributed by atoms with van der Waals surface area (Å²) in [7, 11) is 0. The van der Waals surface area contributed by atoms with Gasteiger partial charge in [-0.1, -0.05) is 49.2 Å². The van der Waals surface area contributed by atoms with Crippen LogP contribution in [0.2, 0.25) is 0 Å². The number of halogens is 1. The molecule has 0 bridgehead atoms. The number of esters is 1. The van der Waals surface area contributed by atoms with Crippen molar-refractivity contribution in [3.63, 3.8) is 0 Å². The molecule has 9 heteroatoms. The topological polar surface area (TPSA) is 95.3 Å². The van der Waals surface area contributed by atoms with E-state index in [-0.39, 0.29) is 16.8 Å². The van der Waals surface area contributed by atoms with Crippen molar-refractivity contribution in [1.82, 2.24) is 0 Å². The van der Waals surface area contributed by atoms with Gasteiger partial charge >= 0.3 is 5.97 Å². The van der Waals surface area contributed by atoms with Crippen molar-refractivity contribution in [1.29, 1.82) is 0 Å². The summed E-state index contributed by atoms with van der Waals surface area (Å²) >= 11 is 3.44. The molecule has 1 atom stereocenters. The summed E-state index contributed by atoms with van der Waals surface area (Å²) in [6, 6.07) is 16.4. The van der Waals surface area contributed by atoms with Gasteiger partial charge in [-0.2, -0.15) is 0 Å². The fourth-order valence-corrected chi connectivity index (χ4v) is 5.53. The minimum absolute atomic E-state index is 0.0203. The summed E-state index contributed by atoms with van der Waals surface area (Å²) < 4.78 is 24.2. The first-order valence-corrected chi connectivity index (χ1v) is 15.8. The lowest BCUT2D eigenvalue weighted by Gasteiger charge is -2.26. The molecule has 1 aliphatic heterocycles. The number of benzene rings is 3. The van der Waals surface area contributed by atoms with Crippen molar-refractivity contribution in [2.24, 2.45) is 5.92 Å². The average Bonchev–Trinajstić information content (AvgIpc) is 3.30. The van der Waals surface area contributed by atoms with Crippen LogP contribution in [0.15, 0.2) is 74.3 Å². The highest BCUT2D eigenvalue weighted by Gasteiger charge is 2.44. The van der Waals surface area contributed by atoms with E-state index in [1.54, 1.807) is 42.5 Å². The maximum atomic E-state index is 14.1. The van der Waals surface area contributed by atoms with E-state index in [2.05, 4.69) is 29.8 Å². The number of carbonyl (C=O) groups excluding carboxylic acids is 2. The number of anilines is 1. The van der Waals surface area contributed by atoms with Gasteiger partial charge in [-0.3, -0.25) is 14.5 Å². The highest BCUT2D eigenvalue weighted by Crippen LogP contribution is 2.43. The third-order valence-electron chi connectivity index (χ3n) is 7.48. The van der Waals surface area contributed by atoms with E-state index in [4.69, 9.17) is 18.6 Å². The standard InChI is InChI=1S/C35H36BrNO7/c1-5-7-17-43-35(40)22-8-12-25(13-9-22)37-31(23-10-14-28(29(19-23)41-6-2)42-18-16-21(3)4)30-32(38)26-20-24(36)11-15-27(26)44-33(30)34(37)39/h8-15,19-21,31H,5-7,16-18H2,1-4H3. The molecule has 0 fully saturated rings. The van der Waals surface area contributed by atoms with Gasteiger partial charge in [-0.25, -0.2) is 4.79 Å². The highest BCUT2D eigenvalue weighted by atomic mass is 79.9. The molecular formula is C35H36BrNO7. The SMILES string of the molecule is CCCCOC(=O)c1ccc(N2C(=O)c3oc4ccc(Br)cc4c(=O)c3C2c2ccc(OCCC(C)C)c(OCC)c2)cc1. The molecule has 1 aromatic heterocycles. The number of amides is 1. The quantitative estimate of drug-likeness (QED) is 0.112. The zero-order valence-electron chi connectivity index (χ0n) is 25.4. The van der Waals surface area contributed by atoms with Crippen LogP contribution in [0.3, 0.4) is 0 Å². The molecule has 2 heterocycles. The third kappa shape index (κ3) is 6.38. The van der Waals surface area contributed by atoms with Crippen LogP contribution >= 0.6 is 15.9 Å². The molecule has 8 nitrogen and oxygen atoms in total. The third-order valence-corrected chi connectivity index (χ3v) is 7.97. The zero-order chi connectivity index (χ0) is 31.4. The first-order valence-electron chi connectivity index (χ1n) is 15.0. The van der Waals surface area contributed by atoms with Crippen molar-refractivity contribution in [2.75, 3.05) is 24.7 Å². The molecule has 0 radical (unpaired) electrons. The lowest BCUT2D eigenvalue weighted by molar-refractivity contribution is 0.0499. The Morgan fingerprint density at radius 3 is 2.43 bits per heavy atom. The van der Waals surface area contributed by atoms with Gasteiger partial charge in [0.05, 0.1) is 42.4 Å². The predicted octanol–water partition coefficient (Wildman–Crippen LogP) is 8.09. The van der Waals surface area contributed by atoms with Gasteiger partial charge in [0.15, 0.2) is 16.9 Å². The van der Waals surface area contributed by atoms with Gasteiger partial charge < -0.3 is 18.6 Å². The van der Waals surface area contributed by atoms with Crippen LogP contribution in [0, 0.1) is 5.92 Å². The summed E-state index contributed by atoms with van der Waals surface area (Å²) in [5.41, 5.74) is 1.78. The summed E-state index contributed by atoms with van der Waals surface area (Å²) in [6.07, 6.45) is 2.58. The van der Waals surface area contributed by atoms with Crippen LogP contribution < -0.4 is 19.8 Å². The Morgan fingerprint density at radius 1 is 0.955 bits per heavy atom. The number of nitrogens with zero attached hydrogens (tertiary/aromatic N) is 1. The molecule has 230 valence electrons. The van der Waals surface area contributed by atoms with E-state index in [0.29, 0.717) is 65.0 Å². The molecule has 0 aliphatic carbocycles. The second-order valence-corrected chi connectivity index (χ2v) is 12.0. The zero-order valence-corrected chi connectivity index (χ0v) is 26.9. The van der Waals surface area contributed by atoms with Crippen LogP contribution in [0.5, 0.6) is 11.5 Å². The van der Waals surface area contributed by atoms with E-state index < -0.39 is 17.9 Å². The van der Waals surface area contributed by atoms with E-state index in [0.717, 1.165) is 23.7 Å². The normalized spacial score (nSPS) is 14.3. The Labute approximate surface area is 265 Å². The number of carbonyl (C=O) groups is 2.